The van der Waals surface area contributed by atoms with E-state index >= 15 is 0 Å². The number of Topliss-reactive ketones (excluding diaryl/α,β-unsaturated/α-hetero) is 1. The number of aliphatic hydroxyl groups is 1. The van der Waals surface area contributed by atoms with Crippen LogP contribution in [0.25, 0.3) is 10.9 Å². The van der Waals surface area contributed by atoms with Gasteiger partial charge in [-0.1, -0.05) is 39.8 Å². The van der Waals surface area contributed by atoms with E-state index in [1.165, 1.54) is 5.69 Å². The number of benzene rings is 2. The van der Waals surface area contributed by atoms with Crippen molar-refractivity contribution in [3.63, 3.8) is 0 Å². The highest BCUT2D eigenvalue weighted by Crippen LogP contribution is 2.51. The summed E-state index contributed by atoms with van der Waals surface area (Å²) in [6.07, 6.45) is 2.52. The lowest BCUT2D eigenvalue weighted by atomic mass is 9.87. The van der Waals surface area contributed by atoms with Gasteiger partial charge in [0.15, 0.2) is 11.5 Å². The number of ketones is 1. The number of ether oxygens (including phenoxy) is 2. The molecule has 3 aromatic rings. The Labute approximate surface area is 195 Å². The van der Waals surface area contributed by atoms with Crippen LogP contribution in [0.15, 0.2) is 42.5 Å². The molecule has 5 heteroatoms. The van der Waals surface area contributed by atoms with Crippen molar-refractivity contribution in [3.05, 3.63) is 59.3 Å². The van der Waals surface area contributed by atoms with E-state index in [-0.39, 0.29) is 24.1 Å². The average molecular weight is 448 g/mol. The number of carbonyl (C=O) groups excluding carboxylic acids is 1. The summed E-state index contributed by atoms with van der Waals surface area (Å²) in [6.45, 7) is 9.42. The third kappa shape index (κ3) is 3.93. The van der Waals surface area contributed by atoms with E-state index in [1.54, 1.807) is 0 Å². The van der Waals surface area contributed by atoms with Crippen LogP contribution in [0.2, 0.25) is 0 Å². The summed E-state index contributed by atoms with van der Waals surface area (Å²) in [4.78, 5) is 13.4. The summed E-state index contributed by atoms with van der Waals surface area (Å²) in [5.74, 6) is 1.75. The van der Waals surface area contributed by atoms with E-state index in [0.717, 1.165) is 52.8 Å². The van der Waals surface area contributed by atoms with Crippen molar-refractivity contribution in [2.45, 2.75) is 76.9 Å². The Bertz CT molecular complexity index is 1210. The fourth-order valence-corrected chi connectivity index (χ4v) is 4.99. The fourth-order valence-electron chi connectivity index (χ4n) is 4.99. The smallest absolute Gasteiger partial charge is 0.231 e. The predicted molar refractivity (Wildman–Crippen MR) is 129 cm³/mol. The van der Waals surface area contributed by atoms with Gasteiger partial charge in [-0.2, -0.15) is 0 Å². The van der Waals surface area contributed by atoms with Crippen LogP contribution in [0.4, 0.5) is 0 Å². The molecule has 0 bridgehead atoms. The second kappa shape index (κ2) is 7.91. The van der Waals surface area contributed by atoms with Crippen molar-refractivity contribution in [2.24, 2.45) is 0 Å². The molecule has 0 saturated heterocycles. The lowest BCUT2D eigenvalue weighted by Crippen LogP contribution is -2.23. The van der Waals surface area contributed by atoms with Gasteiger partial charge in [0.25, 0.3) is 0 Å². The first kappa shape index (κ1) is 22.0. The number of hydrogen-bond acceptors (Lipinski definition) is 4. The zero-order valence-corrected chi connectivity index (χ0v) is 20.0. The summed E-state index contributed by atoms with van der Waals surface area (Å²) in [6, 6.07) is 14.4. The Balaban J connectivity index is 1.43. The van der Waals surface area contributed by atoms with Crippen LogP contribution in [0.5, 0.6) is 11.5 Å². The minimum atomic E-state index is -0.399. The minimum Gasteiger partial charge on any atom is -0.454 e. The fraction of sp³-hybridized carbons (Fsp3) is 0.464. The number of aromatic nitrogens is 1. The van der Waals surface area contributed by atoms with Gasteiger partial charge >= 0.3 is 0 Å². The van der Waals surface area contributed by atoms with E-state index in [9.17, 15) is 9.90 Å². The molecule has 0 spiro atoms. The van der Waals surface area contributed by atoms with Crippen LogP contribution < -0.4 is 9.47 Å². The molecule has 2 heterocycles. The predicted octanol–water partition coefficient (Wildman–Crippen LogP) is 5.28. The SMILES string of the molecule is CCC(O)Cn1c(C(C)(C)C)cc2cc(CC(=O)C3(c4ccc5c(c4)OCO5)CC3)ccc21. The average Bonchev–Trinajstić information content (AvgIpc) is 3.32. The van der Waals surface area contributed by atoms with Crippen molar-refractivity contribution in [2.75, 3.05) is 6.79 Å². The topological polar surface area (TPSA) is 60.7 Å². The number of aliphatic hydroxyl groups excluding tert-OH is 1. The molecule has 5 nitrogen and oxygen atoms in total. The van der Waals surface area contributed by atoms with Crippen LogP contribution >= 0.6 is 0 Å². The molecule has 1 saturated carbocycles. The molecule has 1 aliphatic heterocycles. The van der Waals surface area contributed by atoms with E-state index < -0.39 is 5.41 Å². The first-order valence-electron chi connectivity index (χ1n) is 12.0. The van der Waals surface area contributed by atoms with Gasteiger partial charge in [0.05, 0.1) is 11.5 Å². The zero-order chi connectivity index (χ0) is 23.4. The molecule has 2 aliphatic rings. The van der Waals surface area contributed by atoms with E-state index in [0.29, 0.717) is 13.0 Å². The summed E-state index contributed by atoms with van der Waals surface area (Å²) < 4.78 is 13.2. The van der Waals surface area contributed by atoms with Crippen LogP contribution in [0.1, 0.15) is 63.8 Å². The quantitative estimate of drug-likeness (QED) is 0.535. The lowest BCUT2D eigenvalue weighted by Gasteiger charge is -2.23. The van der Waals surface area contributed by atoms with Gasteiger partial charge < -0.3 is 19.1 Å². The number of fused-ring (bicyclic) bond motifs is 2. The van der Waals surface area contributed by atoms with Gasteiger partial charge in [-0.25, -0.2) is 0 Å². The molecule has 0 amide bonds. The summed E-state index contributed by atoms with van der Waals surface area (Å²) in [7, 11) is 0. The van der Waals surface area contributed by atoms with E-state index in [2.05, 4.69) is 49.6 Å². The Hall–Kier alpha value is -2.79. The molecule has 1 unspecified atom stereocenters. The minimum absolute atomic E-state index is 0.0418. The second-order valence-corrected chi connectivity index (χ2v) is 10.6. The highest BCUT2D eigenvalue weighted by Gasteiger charge is 2.50. The van der Waals surface area contributed by atoms with Crippen LogP contribution in [-0.4, -0.2) is 28.4 Å². The van der Waals surface area contributed by atoms with Gasteiger partial charge in [-0.05, 0) is 60.7 Å². The summed E-state index contributed by atoms with van der Waals surface area (Å²) in [5, 5.41) is 11.5. The molecule has 1 atom stereocenters. The first-order valence-corrected chi connectivity index (χ1v) is 12.0. The van der Waals surface area contributed by atoms with Gasteiger partial charge in [0.1, 0.15) is 5.78 Å². The van der Waals surface area contributed by atoms with Crippen molar-refractivity contribution >= 4 is 16.7 Å². The van der Waals surface area contributed by atoms with Crippen molar-refractivity contribution in [3.8, 4) is 11.5 Å². The largest absolute Gasteiger partial charge is 0.454 e. The Morgan fingerprint density at radius 3 is 2.55 bits per heavy atom. The molecule has 0 radical (unpaired) electrons. The molecule has 33 heavy (non-hydrogen) atoms. The number of nitrogens with zero attached hydrogens (tertiary/aromatic N) is 1. The van der Waals surface area contributed by atoms with E-state index in [1.807, 2.05) is 25.1 Å². The maximum absolute atomic E-state index is 13.4. The maximum Gasteiger partial charge on any atom is 0.231 e. The Morgan fingerprint density at radius 2 is 1.85 bits per heavy atom. The molecule has 1 N–H and O–H groups in total. The summed E-state index contributed by atoms with van der Waals surface area (Å²) >= 11 is 0. The number of rotatable bonds is 7. The Kier molecular flexibility index (Phi) is 5.28. The normalized spacial score (nSPS) is 17.4. The monoisotopic (exact) mass is 447 g/mol. The molecule has 1 aliphatic carbocycles. The zero-order valence-electron chi connectivity index (χ0n) is 20.0. The van der Waals surface area contributed by atoms with Gasteiger partial charge in [0, 0.05) is 35.0 Å². The molecular weight excluding hydrogens is 414 g/mol. The van der Waals surface area contributed by atoms with Crippen molar-refractivity contribution in [1.29, 1.82) is 0 Å². The van der Waals surface area contributed by atoms with Crippen LogP contribution in [-0.2, 0) is 28.6 Å². The highest BCUT2D eigenvalue weighted by molar-refractivity contribution is 5.95. The number of hydrogen-bond donors (Lipinski definition) is 1. The van der Waals surface area contributed by atoms with Crippen molar-refractivity contribution < 1.29 is 19.4 Å². The summed E-state index contributed by atoms with van der Waals surface area (Å²) in [5.41, 5.74) is 3.94. The first-order chi connectivity index (χ1) is 15.7. The van der Waals surface area contributed by atoms with Gasteiger partial charge in [0.2, 0.25) is 6.79 Å². The van der Waals surface area contributed by atoms with Crippen LogP contribution in [0, 0.1) is 0 Å². The molecule has 1 aromatic heterocycles. The van der Waals surface area contributed by atoms with Crippen molar-refractivity contribution in [1.82, 2.24) is 4.57 Å². The molecule has 5 rings (SSSR count). The van der Waals surface area contributed by atoms with Crippen LogP contribution in [0.3, 0.4) is 0 Å². The van der Waals surface area contributed by atoms with Gasteiger partial charge in [-0.15, -0.1) is 0 Å². The number of carbonyl (C=O) groups is 1. The Morgan fingerprint density at radius 1 is 1.09 bits per heavy atom. The van der Waals surface area contributed by atoms with Gasteiger partial charge in [-0.3, -0.25) is 4.79 Å². The third-order valence-corrected chi connectivity index (χ3v) is 7.17. The molecular formula is C28H33NO4. The van der Waals surface area contributed by atoms with E-state index in [4.69, 9.17) is 9.47 Å². The molecule has 2 aromatic carbocycles. The molecule has 174 valence electrons. The third-order valence-electron chi connectivity index (χ3n) is 7.17. The standard InChI is InChI=1S/C28H33NO4/c1-5-21(30)16-29-22-8-6-18(12-19(22)14-25(29)27(2,3)4)13-26(31)28(10-11-28)20-7-9-23-24(15-20)33-17-32-23/h6-9,12,14-15,21,30H,5,10-11,13,16-17H2,1-4H3. The highest BCUT2D eigenvalue weighted by atomic mass is 16.7. The second-order valence-electron chi connectivity index (χ2n) is 10.6. The lowest BCUT2D eigenvalue weighted by molar-refractivity contribution is -0.120. The maximum atomic E-state index is 13.4. The molecule has 1 fully saturated rings.